The average Bonchev–Trinajstić information content (AvgIpc) is 2.67. The molecule has 0 radical (unpaired) electrons. The van der Waals surface area contributed by atoms with Crippen molar-refractivity contribution in [3.05, 3.63) is 47.5 Å². The van der Waals surface area contributed by atoms with E-state index in [2.05, 4.69) is 5.32 Å². The van der Waals surface area contributed by atoms with E-state index in [1.165, 1.54) is 7.11 Å². The lowest BCUT2D eigenvalue weighted by Gasteiger charge is -2.23. The number of anilines is 1. The molecule has 3 rings (SSSR count). The Bertz CT molecular complexity index is 790. The van der Waals surface area contributed by atoms with Crippen LogP contribution in [-0.2, 0) is 11.2 Å². The molecule has 1 aliphatic rings. The largest absolute Gasteiger partial charge is 0.497 e. The van der Waals surface area contributed by atoms with E-state index in [0.717, 1.165) is 30.4 Å². The molecule has 1 aliphatic carbocycles. The number of benzene rings is 2. The van der Waals surface area contributed by atoms with Gasteiger partial charge in [-0.2, -0.15) is 0 Å². The summed E-state index contributed by atoms with van der Waals surface area (Å²) in [5.41, 5.74) is 2.43. The molecule has 6 heteroatoms. The van der Waals surface area contributed by atoms with Crippen LogP contribution < -0.4 is 19.5 Å². The van der Waals surface area contributed by atoms with Crippen LogP contribution in [0, 0.1) is 0 Å². The number of carbonyl (C=O) groups is 1. The first kappa shape index (κ1) is 18.1. The van der Waals surface area contributed by atoms with E-state index in [1.807, 2.05) is 18.2 Å². The molecule has 26 heavy (non-hydrogen) atoms. The smallest absolute Gasteiger partial charge is 0.262 e. The van der Waals surface area contributed by atoms with E-state index in [9.17, 15) is 9.90 Å². The number of methoxy groups -OCH3 is 2. The second-order valence-corrected chi connectivity index (χ2v) is 6.14. The van der Waals surface area contributed by atoms with Gasteiger partial charge in [-0.15, -0.1) is 0 Å². The Kier molecular flexibility index (Phi) is 5.63. The molecular weight excluding hydrogens is 334 g/mol. The Morgan fingerprint density at radius 1 is 1.19 bits per heavy atom. The normalized spacial score (nSPS) is 15.7. The van der Waals surface area contributed by atoms with Gasteiger partial charge in [0.05, 0.1) is 26.0 Å². The summed E-state index contributed by atoms with van der Waals surface area (Å²) in [6.45, 7) is -0.123. The first-order valence-electron chi connectivity index (χ1n) is 8.57. The number of amides is 1. The summed E-state index contributed by atoms with van der Waals surface area (Å²) in [5.74, 6) is 1.52. The van der Waals surface area contributed by atoms with Crippen molar-refractivity contribution in [1.29, 1.82) is 0 Å². The monoisotopic (exact) mass is 357 g/mol. The van der Waals surface area contributed by atoms with Gasteiger partial charge >= 0.3 is 0 Å². The summed E-state index contributed by atoms with van der Waals surface area (Å²) >= 11 is 0. The molecule has 0 heterocycles. The second-order valence-electron chi connectivity index (χ2n) is 6.14. The van der Waals surface area contributed by atoms with Crippen LogP contribution >= 0.6 is 0 Å². The molecule has 1 atom stereocenters. The Balaban J connectivity index is 1.66. The number of hydrogen-bond acceptors (Lipinski definition) is 5. The first-order valence-corrected chi connectivity index (χ1v) is 8.57. The van der Waals surface area contributed by atoms with Crippen molar-refractivity contribution in [2.24, 2.45) is 0 Å². The molecule has 0 saturated carbocycles. The molecule has 0 aromatic heterocycles. The van der Waals surface area contributed by atoms with Crippen molar-refractivity contribution >= 4 is 11.6 Å². The van der Waals surface area contributed by atoms with Gasteiger partial charge in [0.1, 0.15) is 17.2 Å². The predicted octanol–water partition coefficient (Wildman–Crippen LogP) is 3.09. The average molecular weight is 357 g/mol. The lowest BCUT2D eigenvalue weighted by atomic mass is 9.89. The van der Waals surface area contributed by atoms with E-state index in [0.29, 0.717) is 22.9 Å². The molecule has 0 unspecified atom stereocenters. The third-order valence-electron chi connectivity index (χ3n) is 4.47. The molecule has 2 aromatic rings. The van der Waals surface area contributed by atoms with Crippen LogP contribution in [0.3, 0.4) is 0 Å². The van der Waals surface area contributed by atoms with Crippen LogP contribution in [0.2, 0.25) is 0 Å². The molecule has 2 N–H and O–H groups in total. The Hall–Kier alpha value is -2.73. The van der Waals surface area contributed by atoms with Crippen molar-refractivity contribution in [2.45, 2.75) is 25.4 Å². The molecule has 0 bridgehead atoms. The molecule has 0 saturated heterocycles. The van der Waals surface area contributed by atoms with E-state index >= 15 is 0 Å². The van der Waals surface area contributed by atoms with Crippen molar-refractivity contribution < 1.29 is 24.1 Å². The summed E-state index contributed by atoms with van der Waals surface area (Å²) < 4.78 is 16.1. The highest BCUT2D eigenvalue weighted by molar-refractivity contribution is 5.93. The van der Waals surface area contributed by atoms with Crippen LogP contribution in [0.25, 0.3) is 0 Å². The second kappa shape index (κ2) is 8.10. The van der Waals surface area contributed by atoms with Gasteiger partial charge in [0.2, 0.25) is 0 Å². The molecule has 2 aromatic carbocycles. The van der Waals surface area contributed by atoms with Gasteiger partial charge in [-0.05, 0) is 48.6 Å². The highest BCUT2D eigenvalue weighted by Crippen LogP contribution is 2.35. The Morgan fingerprint density at radius 2 is 2.04 bits per heavy atom. The van der Waals surface area contributed by atoms with Gasteiger partial charge in [0.15, 0.2) is 6.61 Å². The number of carbonyl (C=O) groups excluding carboxylic acids is 1. The topological polar surface area (TPSA) is 77.0 Å². The SMILES string of the molecule is COc1ccc(NC(=O)COc2cccc3c2CCC[C@H]3O)c(OC)c1. The third-order valence-corrected chi connectivity index (χ3v) is 4.47. The van der Waals surface area contributed by atoms with Crippen LogP contribution in [0.15, 0.2) is 36.4 Å². The molecule has 138 valence electrons. The highest BCUT2D eigenvalue weighted by atomic mass is 16.5. The highest BCUT2D eigenvalue weighted by Gasteiger charge is 2.21. The van der Waals surface area contributed by atoms with Crippen molar-refractivity contribution in [2.75, 3.05) is 26.1 Å². The first-order chi connectivity index (χ1) is 12.6. The summed E-state index contributed by atoms with van der Waals surface area (Å²) in [5, 5.41) is 12.9. The maximum Gasteiger partial charge on any atom is 0.262 e. The summed E-state index contributed by atoms with van der Waals surface area (Å²) in [6.07, 6.45) is 2.05. The number of nitrogens with one attached hydrogen (secondary N) is 1. The van der Waals surface area contributed by atoms with Gasteiger partial charge in [0.25, 0.3) is 5.91 Å². The summed E-state index contributed by atoms with van der Waals surface area (Å²) in [7, 11) is 3.10. The van der Waals surface area contributed by atoms with Crippen LogP contribution in [-0.4, -0.2) is 31.8 Å². The minimum Gasteiger partial charge on any atom is -0.497 e. The number of fused-ring (bicyclic) bond motifs is 1. The lowest BCUT2D eigenvalue weighted by Crippen LogP contribution is -2.21. The standard InChI is InChI=1S/C20H23NO5/c1-24-13-9-10-16(19(11-13)25-2)21-20(23)12-26-18-8-4-5-14-15(18)6-3-7-17(14)22/h4-5,8-11,17,22H,3,6-7,12H2,1-2H3,(H,21,23)/t17-/m1/s1. The van der Waals surface area contributed by atoms with Gasteiger partial charge in [-0.1, -0.05) is 12.1 Å². The zero-order valence-corrected chi connectivity index (χ0v) is 15.0. The number of aliphatic hydroxyl groups is 1. The fourth-order valence-electron chi connectivity index (χ4n) is 3.16. The number of aliphatic hydroxyl groups excluding tert-OH is 1. The number of hydrogen-bond donors (Lipinski definition) is 2. The quantitative estimate of drug-likeness (QED) is 0.831. The van der Waals surface area contributed by atoms with Gasteiger partial charge in [0, 0.05) is 6.07 Å². The van der Waals surface area contributed by atoms with Gasteiger partial charge in [-0.3, -0.25) is 4.79 Å². The summed E-state index contributed by atoms with van der Waals surface area (Å²) in [6, 6.07) is 10.7. The third kappa shape index (κ3) is 3.91. The van der Waals surface area contributed by atoms with Gasteiger partial charge < -0.3 is 24.6 Å². The van der Waals surface area contributed by atoms with E-state index in [-0.39, 0.29) is 12.5 Å². The number of rotatable bonds is 6. The summed E-state index contributed by atoms with van der Waals surface area (Å²) in [4.78, 5) is 12.3. The maximum absolute atomic E-state index is 12.3. The van der Waals surface area contributed by atoms with E-state index in [1.54, 1.807) is 25.3 Å². The maximum atomic E-state index is 12.3. The fraction of sp³-hybridized carbons (Fsp3) is 0.350. The fourth-order valence-corrected chi connectivity index (χ4v) is 3.16. The number of ether oxygens (including phenoxy) is 3. The van der Waals surface area contributed by atoms with Crippen LogP contribution in [0.1, 0.15) is 30.1 Å². The van der Waals surface area contributed by atoms with E-state index in [4.69, 9.17) is 14.2 Å². The molecule has 6 nitrogen and oxygen atoms in total. The zero-order chi connectivity index (χ0) is 18.5. The predicted molar refractivity (Wildman–Crippen MR) is 98.0 cm³/mol. The zero-order valence-electron chi connectivity index (χ0n) is 15.0. The van der Waals surface area contributed by atoms with Crippen LogP contribution in [0.4, 0.5) is 5.69 Å². The lowest BCUT2D eigenvalue weighted by molar-refractivity contribution is -0.118. The molecule has 0 spiro atoms. The van der Waals surface area contributed by atoms with Gasteiger partial charge in [-0.25, -0.2) is 0 Å². The van der Waals surface area contributed by atoms with Crippen molar-refractivity contribution in [3.63, 3.8) is 0 Å². The minimum absolute atomic E-state index is 0.123. The molecule has 0 fully saturated rings. The van der Waals surface area contributed by atoms with Crippen molar-refractivity contribution in [1.82, 2.24) is 0 Å². The Morgan fingerprint density at radius 3 is 2.81 bits per heavy atom. The van der Waals surface area contributed by atoms with Crippen LogP contribution in [0.5, 0.6) is 17.2 Å². The molecule has 1 amide bonds. The van der Waals surface area contributed by atoms with Crippen molar-refractivity contribution in [3.8, 4) is 17.2 Å². The minimum atomic E-state index is -0.459. The van der Waals surface area contributed by atoms with E-state index < -0.39 is 6.10 Å². The Labute approximate surface area is 152 Å². The molecular formula is C20H23NO5. The molecule has 0 aliphatic heterocycles.